The van der Waals surface area contributed by atoms with Crippen LogP contribution in [0.15, 0.2) is 48.5 Å². The molecular formula is C15H13FO3. The van der Waals surface area contributed by atoms with Crippen LogP contribution in [-0.4, -0.2) is 13.1 Å². The van der Waals surface area contributed by atoms with Gasteiger partial charge in [-0.15, -0.1) is 0 Å². The molecule has 2 aromatic rings. The highest BCUT2D eigenvalue weighted by atomic mass is 19.1. The predicted octanol–water partition coefficient (Wildman–Crippen LogP) is 3.19. The van der Waals surface area contributed by atoms with Crippen LogP contribution in [0, 0.1) is 5.82 Å². The number of esters is 1. The fourth-order valence-electron chi connectivity index (χ4n) is 1.60. The smallest absolute Gasteiger partial charge is 0.337 e. The summed E-state index contributed by atoms with van der Waals surface area (Å²) in [6.45, 7) is 0.273. The molecular weight excluding hydrogens is 247 g/mol. The Hall–Kier alpha value is -2.36. The standard InChI is InChI=1S/C15H13FO3/c1-18-15(17)12-7-8-14(13(16)9-12)19-10-11-5-3-2-4-6-11/h2-9H,10H2,1H3. The van der Waals surface area contributed by atoms with E-state index in [0.29, 0.717) is 0 Å². The van der Waals surface area contributed by atoms with Gasteiger partial charge in [-0.25, -0.2) is 9.18 Å². The Morgan fingerprint density at radius 3 is 2.53 bits per heavy atom. The van der Waals surface area contributed by atoms with Crippen molar-refractivity contribution < 1.29 is 18.7 Å². The number of benzene rings is 2. The summed E-state index contributed by atoms with van der Waals surface area (Å²) in [6.07, 6.45) is 0. The Kier molecular flexibility index (Phi) is 4.13. The van der Waals surface area contributed by atoms with Crippen molar-refractivity contribution in [1.82, 2.24) is 0 Å². The largest absolute Gasteiger partial charge is 0.486 e. The summed E-state index contributed by atoms with van der Waals surface area (Å²) in [4.78, 5) is 11.2. The molecule has 0 fully saturated rings. The minimum absolute atomic E-state index is 0.108. The maximum absolute atomic E-state index is 13.7. The first-order chi connectivity index (χ1) is 9.20. The first-order valence-electron chi connectivity index (χ1n) is 5.75. The van der Waals surface area contributed by atoms with Crippen LogP contribution in [0.3, 0.4) is 0 Å². The highest BCUT2D eigenvalue weighted by Crippen LogP contribution is 2.20. The van der Waals surface area contributed by atoms with Crippen LogP contribution >= 0.6 is 0 Å². The highest BCUT2D eigenvalue weighted by Gasteiger charge is 2.10. The van der Waals surface area contributed by atoms with Crippen LogP contribution in [-0.2, 0) is 11.3 Å². The lowest BCUT2D eigenvalue weighted by molar-refractivity contribution is 0.0600. The van der Waals surface area contributed by atoms with Gasteiger partial charge in [0.2, 0.25) is 0 Å². The summed E-state index contributed by atoms with van der Waals surface area (Å²) in [5.41, 5.74) is 1.10. The van der Waals surface area contributed by atoms with Crippen LogP contribution in [0.1, 0.15) is 15.9 Å². The van der Waals surface area contributed by atoms with E-state index in [1.807, 2.05) is 30.3 Å². The van der Waals surface area contributed by atoms with Gasteiger partial charge in [-0.3, -0.25) is 0 Å². The van der Waals surface area contributed by atoms with Gasteiger partial charge < -0.3 is 9.47 Å². The Morgan fingerprint density at radius 2 is 1.89 bits per heavy atom. The summed E-state index contributed by atoms with van der Waals surface area (Å²) in [5, 5.41) is 0. The number of rotatable bonds is 4. The molecule has 0 heterocycles. The molecule has 0 spiro atoms. The van der Waals surface area contributed by atoms with Gasteiger partial charge in [-0.1, -0.05) is 30.3 Å². The average Bonchev–Trinajstić information content (AvgIpc) is 2.46. The second-order valence-electron chi connectivity index (χ2n) is 3.91. The minimum atomic E-state index is -0.584. The third-order valence-electron chi connectivity index (χ3n) is 2.59. The summed E-state index contributed by atoms with van der Waals surface area (Å²) in [5.74, 6) is -1.05. The second kappa shape index (κ2) is 6.00. The molecule has 0 saturated heterocycles. The lowest BCUT2D eigenvalue weighted by Crippen LogP contribution is -2.03. The summed E-state index contributed by atoms with van der Waals surface area (Å²) < 4.78 is 23.6. The molecule has 4 heteroatoms. The highest BCUT2D eigenvalue weighted by molar-refractivity contribution is 5.89. The number of carbonyl (C=O) groups is 1. The van der Waals surface area contributed by atoms with Gasteiger partial charge in [0.25, 0.3) is 0 Å². The van der Waals surface area contributed by atoms with Gasteiger partial charge in [0.15, 0.2) is 11.6 Å². The van der Waals surface area contributed by atoms with Gasteiger partial charge in [0.05, 0.1) is 12.7 Å². The number of hydrogen-bond donors (Lipinski definition) is 0. The molecule has 0 saturated carbocycles. The van der Waals surface area contributed by atoms with Crippen molar-refractivity contribution in [1.29, 1.82) is 0 Å². The molecule has 98 valence electrons. The van der Waals surface area contributed by atoms with E-state index in [-0.39, 0.29) is 17.9 Å². The Labute approximate surface area is 110 Å². The summed E-state index contributed by atoms with van der Waals surface area (Å²) in [6, 6.07) is 13.4. The molecule has 0 aromatic heterocycles. The lowest BCUT2D eigenvalue weighted by Gasteiger charge is -2.08. The first-order valence-corrected chi connectivity index (χ1v) is 5.75. The van der Waals surface area contributed by atoms with E-state index in [1.165, 1.54) is 19.2 Å². The third-order valence-corrected chi connectivity index (χ3v) is 2.59. The maximum Gasteiger partial charge on any atom is 0.337 e. The zero-order valence-corrected chi connectivity index (χ0v) is 10.4. The van der Waals surface area contributed by atoms with Crippen molar-refractivity contribution in [3.05, 3.63) is 65.5 Å². The van der Waals surface area contributed by atoms with Crippen molar-refractivity contribution in [2.75, 3.05) is 7.11 Å². The Balaban J connectivity index is 2.07. The quantitative estimate of drug-likeness (QED) is 0.792. The maximum atomic E-state index is 13.7. The van der Waals surface area contributed by atoms with Crippen LogP contribution in [0.5, 0.6) is 5.75 Å². The van der Waals surface area contributed by atoms with E-state index in [2.05, 4.69) is 4.74 Å². The molecule has 19 heavy (non-hydrogen) atoms. The van der Waals surface area contributed by atoms with Gasteiger partial charge in [0, 0.05) is 0 Å². The number of halogens is 1. The molecule has 0 aliphatic carbocycles. The lowest BCUT2D eigenvalue weighted by atomic mass is 10.2. The summed E-state index contributed by atoms with van der Waals surface area (Å²) in [7, 11) is 1.25. The first kappa shape index (κ1) is 13.1. The van der Waals surface area contributed by atoms with Crippen molar-refractivity contribution in [3.63, 3.8) is 0 Å². The van der Waals surface area contributed by atoms with Crippen molar-refractivity contribution in [2.24, 2.45) is 0 Å². The Bertz CT molecular complexity index is 567. The topological polar surface area (TPSA) is 35.5 Å². The average molecular weight is 260 g/mol. The van der Waals surface area contributed by atoms with E-state index in [0.717, 1.165) is 11.6 Å². The molecule has 0 bridgehead atoms. The fraction of sp³-hybridized carbons (Fsp3) is 0.133. The normalized spacial score (nSPS) is 10.0. The SMILES string of the molecule is COC(=O)c1ccc(OCc2ccccc2)c(F)c1. The van der Waals surface area contributed by atoms with Gasteiger partial charge in [-0.05, 0) is 23.8 Å². The van der Waals surface area contributed by atoms with Crippen molar-refractivity contribution in [3.8, 4) is 5.75 Å². The fourth-order valence-corrected chi connectivity index (χ4v) is 1.60. The van der Waals surface area contributed by atoms with Crippen molar-refractivity contribution in [2.45, 2.75) is 6.61 Å². The summed E-state index contributed by atoms with van der Waals surface area (Å²) >= 11 is 0. The number of ether oxygens (including phenoxy) is 2. The van der Waals surface area contributed by atoms with Crippen molar-refractivity contribution >= 4 is 5.97 Å². The van der Waals surface area contributed by atoms with Crippen LogP contribution < -0.4 is 4.74 Å². The molecule has 0 aliphatic heterocycles. The molecule has 2 rings (SSSR count). The molecule has 3 nitrogen and oxygen atoms in total. The van der Waals surface area contributed by atoms with Gasteiger partial charge in [0.1, 0.15) is 6.61 Å². The van der Waals surface area contributed by atoms with Gasteiger partial charge in [-0.2, -0.15) is 0 Å². The third kappa shape index (κ3) is 3.31. The number of hydrogen-bond acceptors (Lipinski definition) is 3. The molecule has 2 aromatic carbocycles. The number of methoxy groups -OCH3 is 1. The van der Waals surface area contributed by atoms with Crippen LogP contribution in [0.4, 0.5) is 4.39 Å². The zero-order valence-electron chi connectivity index (χ0n) is 10.4. The molecule has 0 radical (unpaired) electrons. The second-order valence-corrected chi connectivity index (χ2v) is 3.91. The molecule has 0 amide bonds. The molecule has 0 unspecified atom stereocenters. The van der Waals surface area contributed by atoms with Crippen LogP contribution in [0.2, 0.25) is 0 Å². The molecule has 0 aliphatic rings. The Morgan fingerprint density at radius 1 is 1.16 bits per heavy atom. The zero-order chi connectivity index (χ0) is 13.7. The number of carbonyl (C=O) groups excluding carboxylic acids is 1. The van der Waals surface area contributed by atoms with E-state index in [1.54, 1.807) is 0 Å². The minimum Gasteiger partial charge on any atom is -0.486 e. The van der Waals surface area contributed by atoms with E-state index in [4.69, 9.17) is 4.74 Å². The molecule has 0 N–H and O–H groups in total. The van der Waals surface area contributed by atoms with E-state index >= 15 is 0 Å². The van der Waals surface area contributed by atoms with E-state index in [9.17, 15) is 9.18 Å². The predicted molar refractivity (Wildman–Crippen MR) is 68.5 cm³/mol. The van der Waals surface area contributed by atoms with Gasteiger partial charge >= 0.3 is 5.97 Å². The monoisotopic (exact) mass is 260 g/mol. The van der Waals surface area contributed by atoms with E-state index < -0.39 is 11.8 Å². The molecule has 0 atom stereocenters. The van der Waals surface area contributed by atoms with Crippen LogP contribution in [0.25, 0.3) is 0 Å².